The van der Waals surface area contributed by atoms with Crippen LogP contribution in [0.15, 0.2) is 35.5 Å². The monoisotopic (exact) mass is 332 g/mol. The Morgan fingerprint density at radius 1 is 1.44 bits per heavy atom. The summed E-state index contributed by atoms with van der Waals surface area (Å²) in [6.07, 6.45) is 3.58. The van der Waals surface area contributed by atoms with E-state index in [2.05, 4.69) is 21.0 Å². The molecule has 2 rings (SSSR count). The van der Waals surface area contributed by atoms with Crippen molar-refractivity contribution in [3.63, 3.8) is 0 Å². The SMILES string of the molecule is CS(=O)(=O)c1cnn(-c2ccc(CBr)cc2F)c1. The summed E-state index contributed by atoms with van der Waals surface area (Å²) in [5.41, 5.74) is 1.02. The molecule has 2 aromatic rings. The van der Waals surface area contributed by atoms with E-state index in [0.717, 1.165) is 11.8 Å². The lowest BCUT2D eigenvalue weighted by Gasteiger charge is -2.04. The van der Waals surface area contributed by atoms with E-state index < -0.39 is 15.7 Å². The Kier molecular flexibility index (Phi) is 3.54. The number of aromatic nitrogens is 2. The number of nitrogens with zero attached hydrogens (tertiary/aromatic N) is 2. The van der Waals surface area contributed by atoms with Gasteiger partial charge in [-0.3, -0.25) is 0 Å². The highest BCUT2D eigenvalue weighted by atomic mass is 79.9. The minimum Gasteiger partial charge on any atom is -0.237 e. The first-order valence-corrected chi connectivity index (χ1v) is 8.02. The molecule has 0 unspecified atom stereocenters. The summed E-state index contributed by atoms with van der Waals surface area (Å²) in [4.78, 5) is 0.0615. The third kappa shape index (κ3) is 2.62. The van der Waals surface area contributed by atoms with E-state index in [9.17, 15) is 12.8 Å². The van der Waals surface area contributed by atoms with Crippen LogP contribution in [-0.2, 0) is 15.2 Å². The summed E-state index contributed by atoms with van der Waals surface area (Å²) < 4.78 is 37.6. The molecule has 4 nitrogen and oxygen atoms in total. The molecular weight excluding hydrogens is 323 g/mol. The first kappa shape index (κ1) is 13.2. The highest BCUT2D eigenvalue weighted by Crippen LogP contribution is 2.18. The van der Waals surface area contributed by atoms with Crippen molar-refractivity contribution < 1.29 is 12.8 Å². The molecule has 0 radical (unpaired) electrons. The van der Waals surface area contributed by atoms with Crippen LogP contribution in [-0.4, -0.2) is 24.5 Å². The van der Waals surface area contributed by atoms with Crippen molar-refractivity contribution in [3.05, 3.63) is 42.0 Å². The van der Waals surface area contributed by atoms with Crippen molar-refractivity contribution in [3.8, 4) is 5.69 Å². The van der Waals surface area contributed by atoms with E-state index >= 15 is 0 Å². The lowest BCUT2D eigenvalue weighted by Crippen LogP contribution is -1.99. The predicted molar refractivity (Wildman–Crippen MR) is 69.3 cm³/mol. The zero-order valence-electron chi connectivity index (χ0n) is 9.47. The Morgan fingerprint density at radius 3 is 2.67 bits per heavy atom. The fraction of sp³-hybridized carbons (Fsp3) is 0.182. The number of rotatable bonds is 3. The number of hydrogen-bond donors (Lipinski definition) is 0. The Bertz CT molecular complexity index is 682. The van der Waals surface area contributed by atoms with Crippen LogP contribution < -0.4 is 0 Å². The van der Waals surface area contributed by atoms with Crippen LogP contribution in [0, 0.1) is 5.82 Å². The van der Waals surface area contributed by atoms with Crippen LogP contribution in [0.1, 0.15) is 5.56 Å². The third-order valence-electron chi connectivity index (χ3n) is 2.40. The van der Waals surface area contributed by atoms with Gasteiger partial charge in [0.25, 0.3) is 0 Å². The van der Waals surface area contributed by atoms with Gasteiger partial charge >= 0.3 is 0 Å². The Labute approximate surface area is 112 Å². The van der Waals surface area contributed by atoms with Crippen LogP contribution in [0.5, 0.6) is 0 Å². The van der Waals surface area contributed by atoms with E-state index in [1.807, 2.05) is 0 Å². The van der Waals surface area contributed by atoms with Crippen molar-refractivity contribution >= 4 is 25.8 Å². The molecule has 18 heavy (non-hydrogen) atoms. The van der Waals surface area contributed by atoms with Gasteiger partial charge in [0.2, 0.25) is 0 Å². The standard InChI is InChI=1S/C11H10BrFN2O2S/c1-18(16,17)9-6-14-15(7-9)11-3-2-8(5-12)4-10(11)13/h2-4,6-7H,5H2,1H3. The second kappa shape index (κ2) is 4.81. The average Bonchev–Trinajstić information content (AvgIpc) is 2.77. The van der Waals surface area contributed by atoms with E-state index in [1.54, 1.807) is 12.1 Å². The molecule has 0 aliphatic carbocycles. The predicted octanol–water partition coefficient (Wildman–Crippen LogP) is 2.31. The van der Waals surface area contributed by atoms with Crippen LogP contribution in [0.4, 0.5) is 4.39 Å². The molecular formula is C11H10BrFN2O2S. The van der Waals surface area contributed by atoms with Gasteiger partial charge in [-0.1, -0.05) is 22.0 Å². The second-order valence-corrected chi connectivity index (χ2v) is 6.39. The van der Waals surface area contributed by atoms with Gasteiger partial charge in [0, 0.05) is 17.8 Å². The molecule has 0 amide bonds. The zero-order valence-corrected chi connectivity index (χ0v) is 11.9. The van der Waals surface area contributed by atoms with Crippen molar-refractivity contribution in [2.45, 2.75) is 10.2 Å². The Hall–Kier alpha value is -1.21. The van der Waals surface area contributed by atoms with Gasteiger partial charge in [0.05, 0.1) is 6.20 Å². The summed E-state index contributed by atoms with van der Waals surface area (Å²) in [5.74, 6) is -0.449. The molecule has 7 heteroatoms. The smallest absolute Gasteiger partial charge is 0.178 e. The number of benzene rings is 1. The molecule has 0 aliphatic heterocycles. The van der Waals surface area contributed by atoms with Crippen molar-refractivity contribution in [2.75, 3.05) is 6.26 Å². The molecule has 0 saturated carbocycles. The second-order valence-electron chi connectivity index (χ2n) is 3.81. The van der Waals surface area contributed by atoms with Crippen molar-refractivity contribution in [1.29, 1.82) is 0 Å². The minimum absolute atomic E-state index is 0.0615. The topological polar surface area (TPSA) is 52.0 Å². The first-order valence-electron chi connectivity index (χ1n) is 5.01. The van der Waals surface area contributed by atoms with E-state index in [4.69, 9.17) is 0 Å². The highest BCUT2D eigenvalue weighted by molar-refractivity contribution is 9.08. The van der Waals surface area contributed by atoms with Gasteiger partial charge in [-0.25, -0.2) is 17.5 Å². The van der Waals surface area contributed by atoms with Gasteiger partial charge in [-0.05, 0) is 17.7 Å². The van der Waals surface area contributed by atoms with Gasteiger partial charge in [0.15, 0.2) is 9.84 Å². The Balaban J connectivity index is 2.47. The largest absolute Gasteiger partial charge is 0.237 e. The number of halogens is 2. The van der Waals surface area contributed by atoms with Gasteiger partial charge in [0.1, 0.15) is 16.4 Å². The van der Waals surface area contributed by atoms with Crippen molar-refractivity contribution in [2.24, 2.45) is 0 Å². The fourth-order valence-electron chi connectivity index (χ4n) is 1.45. The molecule has 1 aromatic carbocycles. The quantitative estimate of drug-likeness (QED) is 0.810. The molecule has 0 N–H and O–H groups in total. The normalized spacial score (nSPS) is 11.7. The van der Waals surface area contributed by atoms with Gasteiger partial charge in [-0.15, -0.1) is 0 Å². The molecule has 0 spiro atoms. The number of alkyl halides is 1. The number of hydrogen-bond acceptors (Lipinski definition) is 3. The molecule has 96 valence electrons. The lowest BCUT2D eigenvalue weighted by molar-refractivity contribution is 0.601. The maximum absolute atomic E-state index is 13.8. The molecule has 0 fully saturated rings. The van der Waals surface area contributed by atoms with E-state index in [-0.39, 0.29) is 10.6 Å². The summed E-state index contributed by atoms with van der Waals surface area (Å²) in [5, 5.41) is 4.41. The number of sulfone groups is 1. The zero-order chi connectivity index (χ0) is 13.3. The molecule has 0 atom stereocenters. The molecule has 0 bridgehead atoms. The maximum Gasteiger partial charge on any atom is 0.178 e. The molecule has 0 aliphatic rings. The van der Waals surface area contributed by atoms with Crippen LogP contribution in [0.3, 0.4) is 0 Å². The highest BCUT2D eigenvalue weighted by Gasteiger charge is 2.12. The van der Waals surface area contributed by atoms with Crippen LogP contribution in [0.25, 0.3) is 5.69 Å². The summed E-state index contributed by atoms with van der Waals surface area (Å²) in [6.45, 7) is 0. The minimum atomic E-state index is -3.33. The molecule has 1 heterocycles. The lowest BCUT2D eigenvalue weighted by atomic mass is 10.2. The maximum atomic E-state index is 13.8. The van der Waals surface area contributed by atoms with Crippen LogP contribution >= 0.6 is 15.9 Å². The molecule has 1 aromatic heterocycles. The third-order valence-corrected chi connectivity index (χ3v) is 4.11. The first-order chi connectivity index (χ1) is 8.41. The van der Waals surface area contributed by atoms with Gasteiger partial charge in [-0.2, -0.15) is 5.10 Å². The fourth-order valence-corrected chi connectivity index (χ4v) is 2.33. The van der Waals surface area contributed by atoms with E-state index in [0.29, 0.717) is 5.33 Å². The molecule has 0 saturated heterocycles. The van der Waals surface area contributed by atoms with Gasteiger partial charge < -0.3 is 0 Å². The van der Waals surface area contributed by atoms with Crippen LogP contribution in [0.2, 0.25) is 0 Å². The Morgan fingerprint density at radius 2 is 2.17 bits per heavy atom. The van der Waals surface area contributed by atoms with E-state index in [1.165, 1.54) is 23.1 Å². The average molecular weight is 333 g/mol. The summed E-state index contributed by atoms with van der Waals surface area (Å²) in [7, 11) is -3.33. The summed E-state index contributed by atoms with van der Waals surface area (Å²) >= 11 is 3.23. The van der Waals surface area contributed by atoms with Crippen molar-refractivity contribution in [1.82, 2.24) is 9.78 Å². The summed E-state index contributed by atoms with van der Waals surface area (Å²) in [6, 6.07) is 4.69.